The summed E-state index contributed by atoms with van der Waals surface area (Å²) in [4.78, 5) is 0.686. The van der Waals surface area contributed by atoms with Crippen LogP contribution in [0.15, 0.2) is 50.8 Å². The van der Waals surface area contributed by atoms with Gasteiger partial charge in [0.25, 0.3) is 0 Å². The molecule has 23 heavy (non-hydrogen) atoms. The van der Waals surface area contributed by atoms with Crippen LogP contribution in [0.1, 0.15) is 56.8 Å². The Kier molecular flexibility index (Phi) is 6.46. The Morgan fingerprint density at radius 1 is 0.957 bits per heavy atom. The van der Waals surface area contributed by atoms with E-state index in [9.17, 15) is 8.42 Å². The number of unbranched alkanes of at least 4 members (excludes halogenated alkanes) is 5. The molecule has 4 heteroatoms. The van der Waals surface area contributed by atoms with Crippen molar-refractivity contribution in [2.75, 3.05) is 0 Å². The molecule has 126 valence electrons. The second-order valence-corrected chi connectivity index (χ2v) is 7.87. The van der Waals surface area contributed by atoms with E-state index in [1.807, 2.05) is 6.07 Å². The van der Waals surface area contributed by atoms with Crippen molar-refractivity contribution < 1.29 is 12.8 Å². The van der Waals surface area contributed by atoms with Gasteiger partial charge in [0.2, 0.25) is 9.84 Å². The van der Waals surface area contributed by atoms with Crippen molar-refractivity contribution in [3.63, 3.8) is 0 Å². The molecule has 3 nitrogen and oxygen atoms in total. The fourth-order valence-corrected chi connectivity index (χ4v) is 4.51. The Hall–Kier alpha value is -1.55. The minimum absolute atomic E-state index is 0.327. The first-order valence-corrected chi connectivity index (χ1v) is 9.92. The summed E-state index contributed by atoms with van der Waals surface area (Å²) in [6.07, 6.45) is 9.48. The van der Waals surface area contributed by atoms with E-state index in [1.54, 1.807) is 37.5 Å². The molecular formula is C19H26O3S. The maximum absolute atomic E-state index is 12.9. The van der Waals surface area contributed by atoms with Crippen LogP contribution in [0.2, 0.25) is 0 Å². The second kappa shape index (κ2) is 8.34. The van der Waals surface area contributed by atoms with Crippen LogP contribution in [0.4, 0.5) is 0 Å². The monoisotopic (exact) mass is 334 g/mol. The second-order valence-electron chi connectivity index (χ2n) is 5.98. The average Bonchev–Trinajstić information content (AvgIpc) is 2.93. The molecule has 0 aliphatic heterocycles. The Morgan fingerprint density at radius 3 is 2.30 bits per heavy atom. The fraction of sp³-hybridized carbons (Fsp3) is 0.474. The van der Waals surface area contributed by atoms with E-state index in [0.717, 1.165) is 24.8 Å². The molecule has 0 saturated carbocycles. The number of sulfone groups is 1. The highest BCUT2D eigenvalue weighted by atomic mass is 32.2. The van der Waals surface area contributed by atoms with Crippen molar-refractivity contribution in [1.29, 1.82) is 0 Å². The highest BCUT2D eigenvalue weighted by Crippen LogP contribution is 2.29. The average molecular weight is 334 g/mol. The molecule has 0 aliphatic carbocycles. The predicted octanol–water partition coefficient (Wildman–Crippen LogP) is 5.32. The van der Waals surface area contributed by atoms with Crippen LogP contribution in [0.5, 0.6) is 0 Å². The smallest absolute Gasteiger partial charge is 0.210 e. The predicted molar refractivity (Wildman–Crippen MR) is 92.4 cm³/mol. The van der Waals surface area contributed by atoms with Crippen molar-refractivity contribution in [2.45, 2.75) is 68.6 Å². The number of furan rings is 1. The first-order valence-electron chi connectivity index (χ1n) is 8.44. The molecule has 0 radical (unpaired) electrons. The molecule has 1 heterocycles. The molecule has 1 aromatic carbocycles. The van der Waals surface area contributed by atoms with Crippen molar-refractivity contribution in [1.82, 2.24) is 0 Å². The first kappa shape index (κ1) is 17.8. The normalized spacial score (nSPS) is 11.7. The molecule has 0 bridgehead atoms. The van der Waals surface area contributed by atoms with Gasteiger partial charge in [-0.25, -0.2) is 8.42 Å². The minimum atomic E-state index is -3.50. The molecule has 0 spiro atoms. The third-order valence-corrected chi connectivity index (χ3v) is 6.09. The van der Waals surface area contributed by atoms with E-state index >= 15 is 0 Å². The fourth-order valence-electron chi connectivity index (χ4n) is 2.84. The number of aryl methyl sites for hydroxylation is 2. The van der Waals surface area contributed by atoms with Crippen LogP contribution >= 0.6 is 0 Å². The van der Waals surface area contributed by atoms with E-state index in [-0.39, 0.29) is 0 Å². The van der Waals surface area contributed by atoms with E-state index in [4.69, 9.17) is 4.42 Å². The lowest BCUT2D eigenvalue weighted by molar-refractivity contribution is 0.521. The Bertz CT molecular complexity index is 699. The topological polar surface area (TPSA) is 47.3 Å². The van der Waals surface area contributed by atoms with Gasteiger partial charge in [0.1, 0.15) is 10.7 Å². The molecule has 0 aliphatic rings. The summed E-state index contributed by atoms with van der Waals surface area (Å²) in [5.41, 5.74) is 0.807. The van der Waals surface area contributed by atoms with Crippen LogP contribution < -0.4 is 0 Å². The molecule has 0 atom stereocenters. The lowest BCUT2D eigenvalue weighted by Gasteiger charge is -2.07. The number of hydrogen-bond acceptors (Lipinski definition) is 3. The maximum atomic E-state index is 12.9. The first-order chi connectivity index (χ1) is 11.1. The molecule has 0 N–H and O–H groups in total. The van der Waals surface area contributed by atoms with Crippen LogP contribution in [-0.2, 0) is 16.3 Å². The summed E-state index contributed by atoms with van der Waals surface area (Å²) in [7, 11) is -3.50. The van der Waals surface area contributed by atoms with Gasteiger partial charge in [0.05, 0.1) is 11.2 Å². The Morgan fingerprint density at radius 2 is 1.61 bits per heavy atom. The maximum Gasteiger partial charge on any atom is 0.210 e. The summed E-state index contributed by atoms with van der Waals surface area (Å²) < 4.78 is 31.1. The van der Waals surface area contributed by atoms with E-state index in [2.05, 4.69) is 6.92 Å². The van der Waals surface area contributed by atoms with Gasteiger partial charge in [-0.05, 0) is 31.9 Å². The van der Waals surface area contributed by atoms with Crippen LogP contribution in [0.25, 0.3) is 0 Å². The van der Waals surface area contributed by atoms with Gasteiger partial charge in [0.15, 0.2) is 0 Å². The number of benzene rings is 1. The van der Waals surface area contributed by atoms with Gasteiger partial charge in [0, 0.05) is 5.56 Å². The van der Waals surface area contributed by atoms with E-state index < -0.39 is 9.84 Å². The van der Waals surface area contributed by atoms with Gasteiger partial charge >= 0.3 is 0 Å². The quantitative estimate of drug-likeness (QED) is 0.583. The molecule has 1 aromatic heterocycles. The van der Waals surface area contributed by atoms with Crippen LogP contribution in [-0.4, -0.2) is 8.42 Å². The van der Waals surface area contributed by atoms with Crippen LogP contribution in [0, 0.1) is 6.92 Å². The molecule has 0 unspecified atom stereocenters. The summed E-state index contributed by atoms with van der Waals surface area (Å²) in [5, 5.41) is 0. The molecule has 2 aromatic rings. The molecule has 0 fully saturated rings. The summed E-state index contributed by atoms with van der Waals surface area (Å²) in [6.45, 7) is 3.93. The van der Waals surface area contributed by atoms with Crippen molar-refractivity contribution in [3.05, 3.63) is 47.9 Å². The summed E-state index contributed by atoms with van der Waals surface area (Å²) in [5.74, 6) is 0.481. The van der Waals surface area contributed by atoms with E-state index in [0.29, 0.717) is 15.6 Å². The zero-order valence-corrected chi connectivity index (χ0v) is 14.9. The number of rotatable bonds is 9. The zero-order chi connectivity index (χ0) is 16.7. The molecule has 0 saturated heterocycles. The third kappa shape index (κ3) is 4.47. The highest BCUT2D eigenvalue weighted by Gasteiger charge is 2.25. The zero-order valence-electron chi connectivity index (χ0n) is 14.0. The van der Waals surface area contributed by atoms with Crippen molar-refractivity contribution in [2.24, 2.45) is 0 Å². The Balaban J connectivity index is 2.10. The lowest BCUT2D eigenvalue weighted by Crippen LogP contribution is -2.05. The summed E-state index contributed by atoms with van der Waals surface area (Å²) >= 11 is 0. The Labute approximate surface area is 139 Å². The SMILES string of the molecule is CCCCCCCCc1coc(C)c1S(=O)(=O)c1ccccc1. The largest absolute Gasteiger partial charge is 0.468 e. The van der Waals surface area contributed by atoms with Gasteiger partial charge in [-0.15, -0.1) is 0 Å². The van der Waals surface area contributed by atoms with Crippen molar-refractivity contribution >= 4 is 9.84 Å². The molecule has 0 amide bonds. The van der Waals surface area contributed by atoms with Crippen molar-refractivity contribution in [3.8, 4) is 0 Å². The lowest BCUT2D eigenvalue weighted by atomic mass is 10.1. The van der Waals surface area contributed by atoms with Crippen LogP contribution in [0.3, 0.4) is 0 Å². The van der Waals surface area contributed by atoms with Gasteiger partial charge in [-0.2, -0.15) is 0 Å². The summed E-state index contributed by atoms with van der Waals surface area (Å²) in [6, 6.07) is 8.58. The van der Waals surface area contributed by atoms with Gasteiger partial charge < -0.3 is 4.42 Å². The standard InChI is InChI=1S/C19H26O3S/c1-3-4-5-6-7-9-12-17-15-22-16(2)19(17)23(20,21)18-13-10-8-11-14-18/h8,10-11,13-15H,3-7,9,12H2,1-2H3. The van der Waals surface area contributed by atoms with Gasteiger partial charge in [-0.1, -0.05) is 57.2 Å². The number of hydrogen-bond donors (Lipinski definition) is 0. The highest BCUT2D eigenvalue weighted by molar-refractivity contribution is 7.91. The van der Waals surface area contributed by atoms with Gasteiger partial charge in [-0.3, -0.25) is 0 Å². The third-order valence-electron chi connectivity index (χ3n) is 4.11. The minimum Gasteiger partial charge on any atom is -0.468 e. The van der Waals surface area contributed by atoms with E-state index in [1.165, 1.54) is 25.7 Å². The molecular weight excluding hydrogens is 308 g/mol. The molecule has 2 rings (SSSR count).